The summed E-state index contributed by atoms with van der Waals surface area (Å²) in [6.45, 7) is 2.57. The highest BCUT2D eigenvalue weighted by Crippen LogP contribution is 2.17. The van der Waals surface area contributed by atoms with Gasteiger partial charge in [-0.3, -0.25) is 4.79 Å². The maximum absolute atomic E-state index is 11.9. The second-order valence-corrected chi connectivity index (χ2v) is 6.59. The predicted octanol–water partition coefficient (Wildman–Crippen LogP) is 1.59. The summed E-state index contributed by atoms with van der Waals surface area (Å²) in [5.41, 5.74) is -1.55. The second-order valence-electron chi connectivity index (χ2n) is 3.99. The number of carbonyl (C=O) groups is 1. The monoisotopic (exact) mass is 321 g/mol. The van der Waals surface area contributed by atoms with E-state index in [1.54, 1.807) is 12.1 Å². The van der Waals surface area contributed by atoms with Crippen molar-refractivity contribution in [2.24, 2.45) is 0 Å². The van der Waals surface area contributed by atoms with E-state index in [9.17, 15) is 13.2 Å². The molecule has 0 radical (unpaired) electrons. The lowest BCUT2D eigenvalue weighted by atomic mass is 10.1. The highest BCUT2D eigenvalue weighted by Gasteiger charge is 2.32. The van der Waals surface area contributed by atoms with Crippen LogP contribution in [0, 0.1) is 0 Å². The summed E-state index contributed by atoms with van der Waals surface area (Å²) in [5.74, 6) is -1.24. The summed E-state index contributed by atoms with van der Waals surface area (Å²) in [6, 6.07) is 6.04. The van der Waals surface area contributed by atoms with Gasteiger partial charge in [-0.05, 0) is 32.0 Å². The molecule has 5 nitrogen and oxygen atoms in total. The highest BCUT2D eigenvalue weighted by molar-refractivity contribution is 9.10. The molecule has 0 fully saturated rings. The van der Waals surface area contributed by atoms with E-state index in [0.717, 1.165) is 0 Å². The number of hydrogen-bond acceptors (Lipinski definition) is 3. The number of rotatable bonds is 4. The van der Waals surface area contributed by atoms with E-state index in [-0.39, 0.29) is 4.90 Å². The van der Waals surface area contributed by atoms with Crippen molar-refractivity contribution < 1.29 is 18.3 Å². The number of carboxylic acid groups (broad SMARTS) is 1. The van der Waals surface area contributed by atoms with Crippen LogP contribution in [0.2, 0.25) is 0 Å². The van der Waals surface area contributed by atoms with Crippen molar-refractivity contribution in [3.8, 4) is 0 Å². The van der Waals surface area contributed by atoms with Crippen LogP contribution in [-0.2, 0) is 14.8 Å². The third-order valence-electron chi connectivity index (χ3n) is 2.03. The van der Waals surface area contributed by atoms with Crippen molar-refractivity contribution in [1.29, 1.82) is 0 Å². The Morgan fingerprint density at radius 1 is 1.41 bits per heavy atom. The van der Waals surface area contributed by atoms with E-state index in [0.29, 0.717) is 4.47 Å². The summed E-state index contributed by atoms with van der Waals surface area (Å²) in [5, 5.41) is 8.87. The minimum atomic E-state index is -3.85. The molecule has 0 saturated carbocycles. The Hall–Kier alpha value is -0.920. The largest absolute Gasteiger partial charge is 0.480 e. The molecule has 0 aliphatic rings. The van der Waals surface area contributed by atoms with Gasteiger partial charge in [-0.15, -0.1) is 0 Å². The minimum Gasteiger partial charge on any atom is -0.480 e. The first-order chi connectivity index (χ1) is 7.65. The summed E-state index contributed by atoms with van der Waals surface area (Å²) in [4.78, 5) is 10.9. The van der Waals surface area contributed by atoms with Crippen LogP contribution in [0.5, 0.6) is 0 Å². The van der Waals surface area contributed by atoms with E-state index >= 15 is 0 Å². The Bertz CT molecular complexity index is 539. The zero-order valence-electron chi connectivity index (χ0n) is 9.27. The van der Waals surface area contributed by atoms with Crippen LogP contribution in [0.3, 0.4) is 0 Å². The van der Waals surface area contributed by atoms with Crippen LogP contribution >= 0.6 is 15.9 Å². The quantitative estimate of drug-likeness (QED) is 0.882. The predicted molar refractivity (Wildman–Crippen MR) is 66.2 cm³/mol. The van der Waals surface area contributed by atoms with Gasteiger partial charge in [-0.2, -0.15) is 4.72 Å². The zero-order chi connectivity index (χ0) is 13.3. The summed E-state index contributed by atoms with van der Waals surface area (Å²) < 4.78 is 26.6. The summed E-state index contributed by atoms with van der Waals surface area (Å²) in [7, 11) is -3.85. The van der Waals surface area contributed by atoms with Gasteiger partial charge in [0.15, 0.2) is 0 Å². The number of nitrogens with one attached hydrogen (secondary N) is 1. The molecular formula is C10H12BrNO4S. The molecule has 17 heavy (non-hydrogen) atoms. The fourth-order valence-corrected chi connectivity index (χ4v) is 3.04. The van der Waals surface area contributed by atoms with Gasteiger partial charge in [0.1, 0.15) is 5.54 Å². The molecule has 1 rings (SSSR count). The van der Waals surface area contributed by atoms with Crippen LogP contribution in [-0.4, -0.2) is 25.0 Å². The van der Waals surface area contributed by atoms with E-state index in [1.165, 1.54) is 26.0 Å². The smallest absolute Gasteiger partial charge is 0.324 e. The van der Waals surface area contributed by atoms with Crippen molar-refractivity contribution in [3.05, 3.63) is 28.7 Å². The molecule has 0 amide bonds. The molecule has 0 spiro atoms. The van der Waals surface area contributed by atoms with Gasteiger partial charge in [-0.25, -0.2) is 8.42 Å². The van der Waals surface area contributed by atoms with Gasteiger partial charge in [0.25, 0.3) is 0 Å². The first-order valence-electron chi connectivity index (χ1n) is 4.68. The molecule has 0 saturated heterocycles. The average Bonchev–Trinajstić information content (AvgIpc) is 2.15. The average molecular weight is 322 g/mol. The number of sulfonamides is 1. The molecule has 0 atom stereocenters. The number of aliphatic carboxylic acids is 1. The third-order valence-corrected chi connectivity index (χ3v) is 4.18. The number of benzene rings is 1. The fraction of sp³-hybridized carbons (Fsp3) is 0.300. The van der Waals surface area contributed by atoms with Gasteiger partial charge < -0.3 is 5.11 Å². The van der Waals surface area contributed by atoms with Crippen molar-refractivity contribution in [1.82, 2.24) is 4.72 Å². The maximum atomic E-state index is 11.9. The Kier molecular flexibility index (Phi) is 3.95. The van der Waals surface area contributed by atoms with E-state index in [2.05, 4.69) is 20.7 Å². The van der Waals surface area contributed by atoms with E-state index in [1.807, 2.05) is 0 Å². The molecular weight excluding hydrogens is 310 g/mol. The van der Waals surface area contributed by atoms with Crippen LogP contribution in [0.15, 0.2) is 33.6 Å². The first-order valence-corrected chi connectivity index (χ1v) is 6.96. The number of halogens is 1. The molecule has 0 aromatic heterocycles. The lowest BCUT2D eigenvalue weighted by Crippen LogP contribution is -2.49. The Morgan fingerprint density at radius 2 is 2.00 bits per heavy atom. The van der Waals surface area contributed by atoms with Crippen LogP contribution < -0.4 is 4.72 Å². The molecule has 1 aromatic carbocycles. The second kappa shape index (κ2) is 4.75. The Morgan fingerprint density at radius 3 is 2.47 bits per heavy atom. The number of carboxylic acids is 1. The maximum Gasteiger partial charge on any atom is 0.324 e. The van der Waals surface area contributed by atoms with Crippen LogP contribution in [0.25, 0.3) is 0 Å². The van der Waals surface area contributed by atoms with Gasteiger partial charge in [0.05, 0.1) is 4.90 Å². The standard InChI is InChI=1S/C10H12BrNO4S/c1-10(2,9(13)14)12-17(15,16)8-5-3-4-7(11)6-8/h3-6,12H,1-2H3,(H,13,14). The van der Waals surface area contributed by atoms with Crippen LogP contribution in [0.1, 0.15) is 13.8 Å². The Balaban J connectivity index is 3.10. The van der Waals surface area contributed by atoms with Crippen molar-refractivity contribution in [2.75, 3.05) is 0 Å². The molecule has 1 aromatic rings. The van der Waals surface area contributed by atoms with Gasteiger partial charge in [-0.1, -0.05) is 22.0 Å². The molecule has 0 unspecified atom stereocenters. The molecule has 0 heterocycles. The molecule has 2 N–H and O–H groups in total. The SMILES string of the molecule is CC(C)(NS(=O)(=O)c1cccc(Br)c1)C(=O)O. The first kappa shape index (κ1) is 14.1. The third kappa shape index (κ3) is 3.52. The van der Waals surface area contributed by atoms with E-state index in [4.69, 9.17) is 5.11 Å². The van der Waals surface area contributed by atoms with Crippen molar-refractivity contribution >= 4 is 31.9 Å². The summed E-state index contributed by atoms with van der Waals surface area (Å²) in [6.07, 6.45) is 0. The zero-order valence-corrected chi connectivity index (χ0v) is 11.7. The molecule has 0 aliphatic carbocycles. The fourth-order valence-electron chi connectivity index (χ4n) is 1.07. The van der Waals surface area contributed by atoms with Crippen molar-refractivity contribution in [2.45, 2.75) is 24.3 Å². The topological polar surface area (TPSA) is 83.5 Å². The van der Waals surface area contributed by atoms with Gasteiger partial charge in [0, 0.05) is 4.47 Å². The van der Waals surface area contributed by atoms with E-state index < -0.39 is 21.5 Å². The highest BCUT2D eigenvalue weighted by atomic mass is 79.9. The van der Waals surface area contributed by atoms with Crippen molar-refractivity contribution in [3.63, 3.8) is 0 Å². The van der Waals surface area contributed by atoms with Gasteiger partial charge >= 0.3 is 5.97 Å². The molecule has 0 bridgehead atoms. The van der Waals surface area contributed by atoms with Gasteiger partial charge in [0.2, 0.25) is 10.0 Å². The number of hydrogen-bond donors (Lipinski definition) is 2. The lowest BCUT2D eigenvalue weighted by molar-refractivity contribution is -0.142. The minimum absolute atomic E-state index is 0.0150. The Labute approximate surface area is 108 Å². The normalized spacial score (nSPS) is 12.4. The van der Waals surface area contributed by atoms with Crippen LogP contribution in [0.4, 0.5) is 0 Å². The lowest BCUT2D eigenvalue weighted by Gasteiger charge is -2.20. The molecule has 0 aliphatic heterocycles. The molecule has 94 valence electrons. The molecule has 7 heteroatoms. The summed E-state index contributed by atoms with van der Waals surface area (Å²) >= 11 is 3.15.